The number of carbonyl (C=O) groups excluding carboxylic acids is 1. The van der Waals surface area contributed by atoms with Crippen molar-refractivity contribution in [2.45, 2.75) is 57.6 Å². The lowest BCUT2D eigenvalue weighted by Gasteiger charge is -2.26. The topological polar surface area (TPSA) is 58.6 Å². The van der Waals surface area contributed by atoms with E-state index in [4.69, 9.17) is 4.74 Å². The van der Waals surface area contributed by atoms with E-state index in [-0.39, 0.29) is 25.3 Å². The molecule has 0 bridgehead atoms. The summed E-state index contributed by atoms with van der Waals surface area (Å²) in [6.45, 7) is 0.378. The van der Waals surface area contributed by atoms with Crippen LogP contribution >= 0.6 is 0 Å². The van der Waals surface area contributed by atoms with Gasteiger partial charge >= 0.3 is 6.09 Å². The van der Waals surface area contributed by atoms with Gasteiger partial charge in [-0.1, -0.05) is 56.0 Å². The fourth-order valence-corrected chi connectivity index (χ4v) is 3.19. The quantitative estimate of drug-likeness (QED) is 0.789. The maximum atomic E-state index is 12.0. The molecule has 122 valence electrons. The zero-order valence-corrected chi connectivity index (χ0v) is 13.2. The first-order valence-electron chi connectivity index (χ1n) is 8.37. The zero-order chi connectivity index (χ0) is 15.6. The summed E-state index contributed by atoms with van der Waals surface area (Å²) in [5.74, 6) is 0.457. The second-order valence-corrected chi connectivity index (χ2v) is 6.08. The molecular formula is C18H27NO3. The van der Waals surface area contributed by atoms with Crippen molar-refractivity contribution in [3.05, 3.63) is 35.9 Å². The van der Waals surface area contributed by atoms with E-state index < -0.39 is 0 Å². The molecule has 0 aliphatic heterocycles. The molecule has 4 heteroatoms. The highest BCUT2D eigenvalue weighted by atomic mass is 16.5. The SMILES string of the molecule is O=C(NC(CCO)C1CCCCCC1)OCc1ccccc1. The molecule has 1 fully saturated rings. The smallest absolute Gasteiger partial charge is 0.407 e. The minimum atomic E-state index is -0.383. The Balaban J connectivity index is 1.82. The average Bonchev–Trinajstić information content (AvgIpc) is 2.83. The predicted octanol–water partition coefficient (Wildman–Crippen LogP) is 3.63. The zero-order valence-electron chi connectivity index (χ0n) is 13.2. The molecule has 0 heterocycles. The first kappa shape index (κ1) is 16.8. The molecule has 4 nitrogen and oxygen atoms in total. The number of nitrogens with one attached hydrogen (secondary N) is 1. The van der Waals surface area contributed by atoms with Crippen LogP contribution in [-0.2, 0) is 11.3 Å². The highest BCUT2D eigenvalue weighted by Gasteiger charge is 2.24. The number of ether oxygens (including phenoxy) is 1. The van der Waals surface area contributed by atoms with Gasteiger partial charge in [0.05, 0.1) is 0 Å². The molecule has 22 heavy (non-hydrogen) atoms. The molecule has 1 aromatic rings. The summed E-state index contributed by atoms with van der Waals surface area (Å²) in [7, 11) is 0. The van der Waals surface area contributed by atoms with Crippen molar-refractivity contribution in [1.29, 1.82) is 0 Å². The fraction of sp³-hybridized carbons (Fsp3) is 0.611. The summed E-state index contributed by atoms with van der Waals surface area (Å²) in [6, 6.07) is 9.68. The Labute approximate surface area is 132 Å². The maximum absolute atomic E-state index is 12.0. The van der Waals surface area contributed by atoms with Crippen molar-refractivity contribution in [2.75, 3.05) is 6.61 Å². The lowest BCUT2D eigenvalue weighted by atomic mass is 9.90. The van der Waals surface area contributed by atoms with Crippen LogP contribution < -0.4 is 5.32 Å². The van der Waals surface area contributed by atoms with Crippen LogP contribution in [0, 0.1) is 5.92 Å². The van der Waals surface area contributed by atoms with Crippen molar-refractivity contribution in [1.82, 2.24) is 5.32 Å². The molecule has 2 rings (SSSR count). The Kier molecular flexibility index (Phi) is 7.23. The van der Waals surface area contributed by atoms with E-state index in [1.165, 1.54) is 25.7 Å². The van der Waals surface area contributed by atoms with Gasteiger partial charge in [0, 0.05) is 12.6 Å². The van der Waals surface area contributed by atoms with E-state index >= 15 is 0 Å². The molecule has 1 aliphatic carbocycles. The first-order chi connectivity index (χ1) is 10.8. The minimum Gasteiger partial charge on any atom is -0.445 e. The molecule has 1 aromatic carbocycles. The molecule has 1 amide bonds. The number of hydrogen-bond acceptors (Lipinski definition) is 3. The second kappa shape index (κ2) is 9.46. The lowest BCUT2D eigenvalue weighted by molar-refractivity contribution is 0.126. The van der Waals surface area contributed by atoms with Crippen LogP contribution in [0.3, 0.4) is 0 Å². The van der Waals surface area contributed by atoms with Gasteiger partial charge in [-0.2, -0.15) is 0 Å². The van der Waals surface area contributed by atoms with Crippen molar-refractivity contribution in [3.8, 4) is 0 Å². The molecule has 1 atom stereocenters. The van der Waals surface area contributed by atoms with Gasteiger partial charge in [-0.15, -0.1) is 0 Å². The lowest BCUT2D eigenvalue weighted by Crippen LogP contribution is -2.41. The Bertz CT molecular complexity index is 427. The number of amides is 1. The van der Waals surface area contributed by atoms with Gasteiger partial charge in [-0.25, -0.2) is 4.79 Å². The Morgan fingerprint density at radius 3 is 2.50 bits per heavy atom. The molecule has 0 aromatic heterocycles. The third kappa shape index (κ3) is 5.68. The van der Waals surface area contributed by atoms with Crippen LogP contribution in [0.1, 0.15) is 50.5 Å². The van der Waals surface area contributed by atoms with Gasteiger partial charge in [0.15, 0.2) is 0 Å². The van der Waals surface area contributed by atoms with Crippen LogP contribution in [0.5, 0.6) is 0 Å². The van der Waals surface area contributed by atoms with E-state index in [0.29, 0.717) is 12.3 Å². The van der Waals surface area contributed by atoms with Crippen LogP contribution in [-0.4, -0.2) is 23.8 Å². The van der Waals surface area contributed by atoms with Crippen molar-refractivity contribution >= 4 is 6.09 Å². The summed E-state index contributed by atoms with van der Waals surface area (Å²) in [5.41, 5.74) is 0.978. The average molecular weight is 305 g/mol. The number of benzene rings is 1. The second-order valence-electron chi connectivity index (χ2n) is 6.08. The highest BCUT2D eigenvalue weighted by molar-refractivity contribution is 5.67. The molecule has 0 radical (unpaired) electrons. The van der Waals surface area contributed by atoms with E-state index in [1.54, 1.807) is 0 Å². The minimum absolute atomic E-state index is 0.0198. The third-order valence-electron chi connectivity index (χ3n) is 4.42. The standard InChI is InChI=1S/C18H27NO3/c20-13-12-17(16-10-6-1-2-7-11-16)19-18(21)22-14-15-8-4-3-5-9-15/h3-5,8-9,16-17,20H,1-2,6-7,10-14H2,(H,19,21). The monoisotopic (exact) mass is 305 g/mol. The largest absolute Gasteiger partial charge is 0.445 e. The summed E-state index contributed by atoms with van der Waals surface area (Å²) in [5, 5.41) is 12.2. The van der Waals surface area contributed by atoms with Gasteiger partial charge in [0.25, 0.3) is 0 Å². The van der Waals surface area contributed by atoms with Crippen LogP contribution in [0.15, 0.2) is 30.3 Å². The molecule has 0 spiro atoms. The van der Waals surface area contributed by atoms with Gasteiger partial charge in [-0.3, -0.25) is 0 Å². The van der Waals surface area contributed by atoms with Crippen LogP contribution in [0.2, 0.25) is 0 Å². The predicted molar refractivity (Wildman–Crippen MR) is 86.4 cm³/mol. The number of carbonyl (C=O) groups is 1. The summed E-state index contributed by atoms with van der Waals surface area (Å²) < 4.78 is 5.30. The molecule has 1 aliphatic rings. The van der Waals surface area contributed by atoms with Crippen LogP contribution in [0.25, 0.3) is 0 Å². The van der Waals surface area contributed by atoms with Gasteiger partial charge < -0.3 is 15.2 Å². The fourth-order valence-electron chi connectivity index (χ4n) is 3.19. The van der Waals surface area contributed by atoms with Gasteiger partial charge in [0.1, 0.15) is 6.61 Å². The van der Waals surface area contributed by atoms with E-state index in [9.17, 15) is 9.90 Å². The Morgan fingerprint density at radius 1 is 1.18 bits per heavy atom. The Hall–Kier alpha value is -1.55. The van der Waals surface area contributed by atoms with Crippen molar-refractivity contribution in [3.63, 3.8) is 0 Å². The third-order valence-corrected chi connectivity index (χ3v) is 4.42. The van der Waals surface area contributed by atoms with Gasteiger partial charge in [0.2, 0.25) is 0 Å². The molecule has 1 unspecified atom stereocenters. The normalized spacial score (nSPS) is 17.5. The molecule has 2 N–H and O–H groups in total. The number of rotatable bonds is 6. The molecule has 1 saturated carbocycles. The first-order valence-corrected chi connectivity index (χ1v) is 8.37. The summed E-state index contributed by atoms with van der Waals surface area (Å²) in [4.78, 5) is 12.0. The van der Waals surface area contributed by atoms with Gasteiger partial charge in [-0.05, 0) is 30.7 Å². The van der Waals surface area contributed by atoms with Crippen LogP contribution in [0.4, 0.5) is 4.79 Å². The highest BCUT2D eigenvalue weighted by Crippen LogP contribution is 2.26. The van der Waals surface area contributed by atoms with E-state index in [0.717, 1.165) is 18.4 Å². The van der Waals surface area contributed by atoms with E-state index in [2.05, 4.69) is 5.32 Å². The molecule has 0 saturated heterocycles. The summed E-state index contributed by atoms with van der Waals surface area (Å²) >= 11 is 0. The van der Waals surface area contributed by atoms with Crippen molar-refractivity contribution < 1.29 is 14.6 Å². The van der Waals surface area contributed by atoms with E-state index in [1.807, 2.05) is 30.3 Å². The van der Waals surface area contributed by atoms with Crippen molar-refractivity contribution in [2.24, 2.45) is 5.92 Å². The number of aliphatic hydroxyl groups excluding tert-OH is 1. The summed E-state index contributed by atoms with van der Waals surface area (Å²) in [6.07, 6.45) is 7.47. The maximum Gasteiger partial charge on any atom is 0.407 e. The molecular weight excluding hydrogens is 278 g/mol. The number of aliphatic hydroxyl groups is 1. The Morgan fingerprint density at radius 2 is 1.86 bits per heavy atom. The number of alkyl carbamates (subject to hydrolysis) is 1. The number of hydrogen-bond donors (Lipinski definition) is 2.